The van der Waals surface area contributed by atoms with Crippen LogP contribution in [0.3, 0.4) is 0 Å². The highest BCUT2D eigenvalue weighted by Crippen LogP contribution is 2.38. The average Bonchev–Trinajstić information content (AvgIpc) is 2.67. The lowest BCUT2D eigenvalue weighted by Crippen LogP contribution is -2.28. The van der Waals surface area contributed by atoms with E-state index in [2.05, 4.69) is 24.3 Å². The van der Waals surface area contributed by atoms with Gasteiger partial charge in [0.2, 0.25) is 0 Å². The van der Waals surface area contributed by atoms with E-state index in [-0.39, 0.29) is 18.0 Å². The molecule has 0 N–H and O–H groups in total. The van der Waals surface area contributed by atoms with Gasteiger partial charge < -0.3 is 9.47 Å². The Labute approximate surface area is 124 Å². The maximum Gasteiger partial charge on any atom is 0.337 e. The maximum absolute atomic E-state index is 11.9. The molecule has 1 aliphatic carbocycles. The molecule has 0 fully saturated rings. The Morgan fingerprint density at radius 2 is 2.05 bits per heavy atom. The van der Waals surface area contributed by atoms with E-state index in [1.54, 1.807) is 0 Å². The SMILES string of the molecule is COC(=O)C1=C(C)O[C@H]2C[C@H]1C=CC=C2c1ccccc1. The van der Waals surface area contributed by atoms with Crippen LogP contribution in [0.4, 0.5) is 0 Å². The van der Waals surface area contributed by atoms with E-state index in [1.807, 2.05) is 31.2 Å². The average molecular weight is 282 g/mol. The topological polar surface area (TPSA) is 35.5 Å². The van der Waals surface area contributed by atoms with Gasteiger partial charge >= 0.3 is 5.97 Å². The fourth-order valence-corrected chi connectivity index (χ4v) is 3.02. The highest BCUT2D eigenvalue weighted by molar-refractivity contribution is 5.90. The molecule has 0 saturated heterocycles. The Balaban J connectivity index is 1.97. The first-order valence-electron chi connectivity index (χ1n) is 7.10. The van der Waals surface area contributed by atoms with Crippen molar-refractivity contribution in [3.05, 3.63) is 65.5 Å². The zero-order valence-corrected chi connectivity index (χ0v) is 12.2. The number of hydrogen-bond donors (Lipinski definition) is 0. The van der Waals surface area contributed by atoms with E-state index in [1.165, 1.54) is 7.11 Å². The molecule has 0 unspecified atom stereocenters. The van der Waals surface area contributed by atoms with Crippen molar-refractivity contribution < 1.29 is 14.3 Å². The van der Waals surface area contributed by atoms with Crippen LogP contribution in [0.5, 0.6) is 0 Å². The van der Waals surface area contributed by atoms with Gasteiger partial charge in [-0.3, -0.25) is 0 Å². The molecule has 0 aromatic heterocycles. The number of allylic oxidation sites excluding steroid dienone is 4. The molecule has 1 aromatic rings. The first-order chi connectivity index (χ1) is 10.2. The minimum Gasteiger partial charge on any atom is -0.490 e. The number of esters is 1. The Morgan fingerprint density at radius 1 is 1.29 bits per heavy atom. The number of carbonyl (C=O) groups is 1. The zero-order chi connectivity index (χ0) is 14.8. The predicted molar refractivity (Wildman–Crippen MR) is 81.3 cm³/mol. The molecule has 0 amide bonds. The molecule has 0 saturated carbocycles. The number of fused-ring (bicyclic) bond motifs is 2. The van der Waals surface area contributed by atoms with E-state index in [0.29, 0.717) is 11.3 Å². The quantitative estimate of drug-likeness (QED) is 0.779. The largest absolute Gasteiger partial charge is 0.490 e. The number of benzene rings is 1. The minimum absolute atomic E-state index is 0.0270. The van der Waals surface area contributed by atoms with Crippen molar-refractivity contribution in [2.24, 2.45) is 5.92 Å². The Bertz CT molecular complexity index is 638. The summed E-state index contributed by atoms with van der Waals surface area (Å²) in [6, 6.07) is 10.2. The van der Waals surface area contributed by atoms with Crippen LogP contribution in [0.2, 0.25) is 0 Å². The van der Waals surface area contributed by atoms with Gasteiger partial charge in [0.05, 0.1) is 12.7 Å². The van der Waals surface area contributed by atoms with E-state index >= 15 is 0 Å². The van der Waals surface area contributed by atoms with E-state index in [4.69, 9.17) is 9.47 Å². The number of ether oxygens (including phenoxy) is 2. The lowest BCUT2D eigenvalue weighted by Gasteiger charge is -2.31. The third kappa shape index (κ3) is 2.51. The van der Waals surface area contributed by atoms with Crippen LogP contribution in [0, 0.1) is 5.92 Å². The van der Waals surface area contributed by atoms with Crippen molar-refractivity contribution in [2.75, 3.05) is 7.11 Å². The van der Waals surface area contributed by atoms with Gasteiger partial charge in [0.1, 0.15) is 11.9 Å². The van der Waals surface area contributed by atoms with Gasteiger partial charge in [-0.1, -0.05) is 48.6 Å². The number of methoxy groups -OCH3 is 1. The van der Waals surface area contributed by atoms with Crippen LogP contribution >= 0.6 is 0 Å². The van der Waals surface area contributed by atoms with Crippen molar-refractivity contribution in [3.8, 4) is 0 Å². The Hall–Kier alpha value is -2.29. The molecule has 2 atom stereocenters. The van der Waals surface area contributed by atoms with Gasteiger partial charge in [-0.15, -0.1) is 0 Å². The van der Waals surface area contributed by atoms with Gasteiger partial charge in [0.25, 0.3) is 0 Å². The molecular weight excluding hydrogens is 264 g/mol. The van der Waals surface area contributed by atoms with Crippen LogP contribution in [0.1, 0.15) is 18.9 Å². The molecule has 2 aliphatic rings. The molecule has 1 aliphatic heterocycles. The van der Waals surface area contributed by atoms with Gasteiger partial charge in [-0.25, -0.2) is 4.79 Å². The summed E-state index contributed by atoms with van der Waals surface area (Å²) >= 11 is 0. The zero-order valence-electron chi connectivity index (χ0n) is 12.2. The molecule has 3 heteroatoms. The standard InChI is InChI=1S/C18H18O3/c1-12-17(18(19)20-2)14-9-6-10-15(16(11-14)21-12)13-7-4-3-5-8-13/h3-10,14,16H,11H2,1-2H3/t14-,16+/m1/s1. The van der Waals surface area contributed by atoms with Gasteiger partial charge in [0, 0.05) is 5.92 Å². The summed E-state index contributed by atoms with van der Waals surface area (Å²) in [6.45, 7) is 1.84. The molecule has 3 rings (SSSR count). The van der Waals surface area contributed by atoms with Crippen LogP contribution in [-0.2, 0) is 14.3 Å². The van der Waals surface area contributed by atoms with Crippen molar-refractivity contribution >= 4 is 11.5 Å². The van der Waals surface area contributed by atoms with Crippen molar-refractivity contribution in [1.29, 1.82) is 0 Å². The van der Waals surface area contributed by atoms with Gasteiger partial charge in [0.15, 0.2) is 0 Å². The second-order valence-electron chi connectivity index (χ2n) is 5.28. The van der Waals surface area contributed by atoms with Crippen molar-refractivity contribution in [2.45, 2.75) is 19.4 Å². The molecule has 2 bridgehead atoms. The summed E-state index contributed by atoms with van der Waals surface area (Å²) in [5.74, 6) is 0.411. The number of rotatable bonds is 2. The molecule has 0 radical (unpaired) electrons. The van der Waals surface area contributed by atoms with Gasteiger partial charge in [-0.2, -0.15) is 0 Å². The number of carbonyl (C=O) groups excluding carboxylic acids is 1. The summed E-state index contributed by atoms with van der Waals surface area (Å²) in [5, 5.41) is 0. The molecule has 1 aromatic carbocycles. The third-order valence-electron chi connectivity index (χ3n) is 4.02. The monoisotopic (exact) mass is 282 g/mol. The third-order valence-corrected chi connectivity index (χ3v) is 4.02. The summed E-state index contributed by atoms with van der Waals surface area (Å²) in [7, 11) is 1.41. The van der Waals surface area contributed by atoms with Crippen LogP contribution < -0.4 is 0 Å². The molecule has 3 nitrogen and oxygen atoms in total. The minimum atomic E-state index is -0.302. The molecule has 108 valence electrons. The fourth-order valence-electron chi connectivity index (χ4n) is 3.02. The number of hydrogen-bond acceptors (Lipinski definition) is 3. The highest BCUT2D eigenvalue weighted by Gasteiger charge is 2.34. The fraction of sp³-hybridized carbons (Fsp3) is 0.278. The lowest BCUT2D eigenvalue weighted by molar-refractivity contribution is -0.137. The van der Waals surface area contributed by atoms with E-state index < -0.39 is 0 Å². The normalized spacial score (nSPS) is 24.0. The van der Waals surface area contributed by atoms with E-state index in [0.717, 1.165) is 17.6 Å². The maximum atomic E-state index is 11.9. The van der Waals surface area contributed by atoms with Crippen LogP contribution in [0.25, 0.3) is 5.57 Å². The molecule has 1 heterocycles. The van der Waals surface area contributed by atoms with E-state index in [9.17, 15) is 4.79 Å². The van der Waals surface area contributed by atoms with Gasteiger partial charge in [-0.05, 0) is 24.5 Å². The second-order valence-corrected chi connectivity index (χ2v) is 5.28. The summed E-state index contributed by atoms with van der Waals surface area (Å²) in [4.78, 5) is 11.9. The Kier molecular flexibility index (Phi) is 3.65. The first kappa shape index (κ1) is 13.7. The summed E-state index contributed by atoms with van der Waals surface area (Å²) < 4.78 is 10.9. The molecule has 0 spiro atoms. The van der Waals surface area contributed by atoms with Crippen molar-refractivity contribution in [3.63, 3.8) is 0 Å². The Morgan fingerprint density at radius 3 is 2.76 bits per heavy atom. The van der Waals surface area contributed by atoms with Crippen LogP contribution in [0.15, 0.2) is 59.9 Å². The summed E-state index contributed by atoms with van der Waals surface area (Å²) in [5.41, 5.74) is 2.94. The first-order valence-corrected chi connectivity index (χ1v) is 7.10. The second kappa shape index (κ2) is 5.60. The summed E-state index contributed by atoms with van der Waals surface area (Å²) in [6.07, 6.45) is 6.88. The van der Waals surface area contributed by atoms with Crippen LogP contribution in [-0.4, -0.2) is 19.2 Å². The van der Waals surface area contributed by atoms with Crippen molar-refractivity contribution in [1.82, 2.24) is 0 Å². The lowest BCUT2D eigenvalue weighted by atomic mass is 9.87. The molecular formula is C18H18O3. The smallest absolute Gasteiger partial charge is 0.337 e. The molecule has 21 heavy (non-hydrogen) atoms. The highest BCUT2D eigenvalue weighted by atomic mass is 16.5. The predicted octanol–water partition coefficient (Wildman–Crippen LogP) is 3.49.